The van der Waals surface area contributed by atoms with Crippen molar-refractivity contribution in [1.29, 1.82) is 0 Å². The molecule has 0 amide bonds. The Morgan fingerprint density at radius 1 is 1.05 bits per heavy atom. The van der Waals surface area contributed by atoms with Crippen molar-refractivity contribution < 1.29 is 4.79 Å². The van der Waals surface area contributed by atoms with Crippen LogP contribution in [-0.4, -0.2) is 11.5 Å². The van der Waals surface area contributed by atoms with E-state index in [1.54, 1.807) is 11.8 Å². The average molecular weight is 301 g/mol. The average Bonchev–Trinajstić information content (AvgIpc) is 2.62. The molecule has 1 nitrogen and oxygen atoms in total. The van der Waals surface area contributed by atoms with Gasteiger partial charge in [0.05, 0.1) is 0 Å². The second kappa shape index (κ2) is 5.86. The highest BCUT2D eigenvalue weighted by molar-refractivity contribution is 7.99. The smallest absolute Gasteiger partial charge is 0.190 e. The summed E-state index contributed by atoms with van der Waals surface area (Å²) in [4.78, 5) is 13.7. The molecule has 0 spiro atoms. The lowest BCUT2D eigenvalue weighted by atomic mass is 9.99. The zero-order valence-corrected chi connectivity index (χ0v) is 12.4. The van der Waals surface area contributed by atoms with E-state index in [2.05, 4.69) is 0 Å². The van der Waals surface area contributed by atoms with Gasteiger partial charge in [0.15, 0.2) is 5.78 Å². The Labute approximate surface area is 127 Å². The molecule has 100 valence electrons. The summed E-state index contributed by atoms with van der Waals surface area (Å²) in [7, 11) is 0. The summed E-state index contributed by atoms with van der Waals surface area (Å²) in [5, 5.41) is 0.709. The van der Waals surface area contributed by atoms with E-state index in [9.17, 15) is 4.79 Å². The molecule has 0 aliphatic carbocycles. The zero-order valence-electron chi connectivity index (χ0n) is 10.8. The van der Waals surface area contributed by atoms with Gasteiger partial charge >= 0.3 is 0 Å². The predicted octanol–water partition coefficient (Wildman–Crippen LogP) is 5.10. The van der Waals surface area contributed by atoms with Crippen LogP contribution in [0.15, 0.2) is 59.0 Å². The van der Waals surface area contributed by atoms with Crippen LogP contribution in [0.3, 0.4) is 0 Å². The van der Waals surface area contributed by atoms with Gasteiger partial charge in [-0.05, 0) is 42.3 Å². The first kappa shape index (κ1) is 13.5. The van der Waals surface area contributed by atoms with Crippen LogP contribution >= 0.6 is 23.4 Å². The number of carbonyl (C=O) groups is 1. The topological polar surface area (TPSA) is 17.1 Å². The minimum atomic E-state index is 0.139. The van der Waals surface area contributed by atoms with Crippen molar-refractivity contribution >= 4 is 35.2 Å². The number of benzene rings is 2. The van der Waals surface area contributed by atoms with Gasteiger partial charge in [-0.15, -0.1) is 11.8 Å². The molecule has 3 heteroatoms. The molecule has 3 rings (SSSR count). The fraction of sp³-hybridized carbons (Fsp3) is 0.118. The van der Waals surface area contributed by atoms with Crippen molar-refractivity contribution in [2.75, 3.05) is 5.75 Å². The molecule has 20 heavy (non-hydrogen) atoms. The van der Waals surface area contributed by atoms with Crippen molar-refractivity contribution in [3.63, 3.8) is 0 Å². The Morgan fingerprint density at radius 2 is 1.80 bits per heavy atom. The molecular formula is C17H13ClOS. The molecule has 2 aromatic carbocycles. The van der Waals surface area contributed by atoms with Gasteiger partial charge in [0.25, 0.3) is 0 Å². The highest BCUT2D eigenvalue weighted by Crippen LogP contribution is 2.31. The van der Waals surface area contributed by atoms with Crippen LogP contribution < -0.4 is 0 Å². The standard InChI is InChI=1S/C17H13ClOS/c18-14-7-5-12(6-8-14)11-13-9-10-20-16-4-2-1-3-15(16)17(13)19/h1-8,11H,9-10H2. The lowest BCUT2D eigenvalue weighted by molar-refractivity contribution is 0.103. The molecule has 0 fully saturated rings. The molecule has 1 aliphatic rings. The number of hydrogen-bond donors (Lipinski definition) is 0. The van der Waals surface area contributed by atoms with Gasteiger partial charge < -0.3 is 0 Å². The number of allylic oxidation sites excluding steroid dienone is 1. The van der Waals surface area contributed by atoms with Crippen LogP contribution in [0.4, 0.5) is 0 Å². The Bertz CT molecular complexity index is 674. The third kappa shape index (κ3) is 2.82. The van der Waals surface area contributed by atoms with Crippen molar-refractivity contribution in [2.45, 2.75) is 11.3 Å². The first-order chi connectivity index (χ1) is 9.74. The summed E-state index contributed by atoms with van der Waals surface area (Å²) >= 11 is 7.63. The quantitative estimate of drug-likeness (QED) is 0.681. The number of rotatable bonds is 1. The highest BCUT2D eigenvalue weighted by atomic mass is 35.5. The van der Waals surface area contributed by atoms with Crippen LogP contribution in [0.2, 0.25) is 5.02 Å². The van der Waals surface area contributed by atoms with Crippen molar-refractivity contribution in [2.24, 2.45) is 0 Å². The van der Waals surface area contributed by atoms with Crippen LogP contribution in [0, 0.1) is 0 Å². The maximum Gasteiger partial charge on any atom is 0.190 e. The van der Waals surface area contributed by atoms with Crippen LogP contribution in [0.25, 0.3) is 6.08 Å². The van der Waals surface area contributed by atoms with E-state index in [4.69, 9.17) is 11.6 Å². The van der Waals surface area contributed by atoms with Gasteiger partial charge in [0.1, 0.15) is 0 Å². The van der Waals surface area contributed by atoms with Gasteiger partial charge in [0, 0.05) is 26.8 Å². The van der Waals surface area contributed by atoms with Gasteiger partial charge in [0.2, 0.25) is 0 Å². The summed E-state index contributed by atoms with van der Waals surface area (Å²) in [5.74, 6) is 1.07. The number of hydrogen-bond acceptors (Lipinski definition) is 2. The lowest BCUT2D eigenvalue weighted by Gasteiger charge is -2.04. The Hall–Kier alpha value is -1.51. The first-order valence-corrected chi connectivity index (χ1v) is 7.83. The molecule has 0 aromatic heterocycles. The summed E-state index contributed by atoms with van der Waals surface area (Å²) in [6.07, 6.45) is 2.77. The largest absolute Gasteiger partial charge is 0.289 e. The molecular weight excluding hydrogens is 288 g/mol. The van der Waals surface area contributed by atoms with Crippen LogP contribution in [-0.2, 0) is 0 Å². The second-order valence-corrected chi connectivity index (χ2v) is 6.22. The SMILES string of the molecule is O=C1C(=Cc2ccc(Cl)cc2)CCSc2ccccc21. The van der Waals surface area contributed by atoms with Gasteiger partial charge in [-0.1, -0.05) is 35.9 Å². The van der Waals surface area contributed by atoms with Gasteiger partial charge in [-0.2, -0.15) is 0 Å². The van der Waals surface area contributed by atoms with E-state index >= 15 is 0 Å². The maximum absolute atomic E-state index is 12.6. The van der Waals surface area contributed by atoms with Gasteiger partial charge in [-0.25, -0.2) is 0 Å². The third-order valence-corrected chi connectivity index (χ3v) is 4.59. The second-order valence-electron chi connectivity index (χ2n) is 4.64. The molecule has 0 saturated heterocycles. The van der Waals surface area contributed by atoms with Crippen LogP contribution in [0.5, 0.6) is 0 Å². The number of halogens is 1. The Balaban J connectivity index is 1.98. The third-order valence-electron chi connectivity index (χ3n) is 3.26. The van der Waals surface area contributed by atoms with E-state index in [1.807, 2.05) is 54.6 Å². The highest BCUT2D eigenvalue weighted by Gasteiger charge is 2.19. The van der Waals surface area contributed by atoms with E-state index in [-0.39, 0.29) is 5.78 Å². The lowest BCUT2D eigenvalue weighted by Crippen LogP contribution is -2.02. The van der Waals surface area contributed by atoms with Crippen molar-refractivity contribution in [3.8, 4) is 0 Å². The number of Topliss-reactive ketones (excluding diaryl/α,β-unsaturated/α-hetero) is 1. The van der Waals surface area contributed by atoms with E-state index in [0.717, 1.165) is 33.8 Å². The molecule has 0 atom stereocenters. The Morgan fingerprint density at radius 3 is 2.60 bits per heavy atom. The first-order valence-electron chi connectivity index (χ1n) is 6.47. The summed E-state index contributed by atoms with van der Waals surface area (Å²) < 4.78 is 0. The fourth-order valence-electron chi connectivity index (χ4n) is 2.24. The summed E-state index contributed by atoms with van der Waals surface area (Å²) in [6, 6.07) is 15.4. The van der Waals surface area contributed by atoms with Gasteiger partial charge in [-0.3, -0.25) is 4.79 Å². The number of carbonyl (C=O) groups excluding carboxylic acids is 1. The minimum Gasteiger partial charge on any atom is -0.289 e. The monoisotopic (exact) mass is 300 g/mol. The normalized spacial score (nSPS) is 16.9. The summed E-state index contributed by atoms with van der Waals surface area (Å²) in [5.41, 5.74) is 2.70. The maximum atomic E-state index is 12.6. The molecule has 0 bridgehead atoms. The molecule has 1 aliphatic heterocycles. The molecule has 0 unspecified atom stereocenters. The van der Waals surface area contributed by atoms with Crippen molar-refractivity contribution in [3.05, 3.63) is 70.3 Å². The molecule has 1 heterocycles. The fourth-order valence-corrected chi connectivity index (χ4v) is 3.39. The van der Waals surface area contributed by atoms with E-state index in [0.29, 0.717) is 5.02 Å². The predicted molar refractivity (Wildman–Crippen MR) is 85.5 cm³/mol. The molecule has 0 saturated carbocycles. The number of thioether (sulfide) groups is 1. The minimum absolute atomic E-state index is 0.139. The molecule has 0 radical (unpaired) electrons. The van der Waals surface area contributed by atoms with Crippen LogP contribution in [0.1, 0.15) is 22.3 Å². The molecule has 0 N–H and O–H groups in total. The number of ketones is 1. The Kier molecular flexibility index (Phi) is 3.95. The zero-order chi connectivity index (χ0) is 13.9. The van der Waals surface area contributed by atoms with E-state index in [1.165, 1.54) is 0 Å². The van der Waals surface area contributed by atoms with E-state index < -0.39 is 0 Å². The molecule has 2 aromatic rings. The van der Waals surface area contributed by atoms with Crippen molar-refractivity contribution in [1.82, 2.24) is 0 Å². The number of fused-ring (bicyclic) bond motifs is 1. The summed E-state index contributed by atoms with van der Waals surface area (Å²) in [6.45, 7) is 0.